The number of guanidine groups is 1. The third-order valence-corrected chi connectivity index (χ3v) is 9.07. The van der Waals surface area contributed by atoms with Crippen LogP contribution < -0.4 is 15.8 Å². The second-order valence-electron chi connectivity index (χ2n) is 10.8. The maximum absolute atomic E-state index is 13.8. The zero-order valence-corrected chi connectivity index (χ0v) is 24.7. The van der Waals surface area contributed by atoms with Gasteiger partial charge in [0.25, 0.3) is 0 Å². The highest BCUT2D eigenvalue weighted by molar-refractivity contribution is 7.89. The Morgan fingerprint density at radius 1 is 1.14 bits per heavy atom. The molecule has 13 heteroatoms. The molecule has 2 atom stereocenters. The lowest BCUT2D eigenvalue weighted by Gasteiger charge is -2.33. The highest BCUT2D eigenvalue weighted by Gasteiger charge is 2.38. The van der Waals surface area contributed by atoms with E-state index >= 15 is 0 Å². The van der Waals surface area contributed by atoms with Crippen LogP contribution >= 0.6 is 0 Å². The molecular formula is C29H40N6O6S. The van der Waals surface area contributed by atoms with Crippen LogP contribution in [0.4, 0.5) is 0 Å². The molecule has 1 saturated carbocycles. The van der Waals surface area contributed by atoms with Crippen LogP contribution in [0.5, 0.6) is 0 Å². The number of benzene rings is 2. The summed E-state index contributed by atoms with van der Waals surface area (Å²) in [6.45, 7) is 3.53. The van der Waals surface area contributed by atoms with E-state index in [0.29, 0.717) is 19.6 Å². The molecule has 1 aliphatic carbocycles. The first kappa shape index (κ1) is 31.2. The SMILES string of the molecule is CCOC(=O)CCN(C(=O)[C@H](CC(=O)NC[C@@H]1CCCN(C(=N)N)C1)NS(=O)(=O)c1ccc2ccccc2c1)C1CC1. The molecule has 1 heterocycles. The van der Waals surface area contributed by atoms with Gasteiger partial charge in [-0.2, -0.15) is 4.72 Å². The maximum atomic E-state index is 13.8. The number of likely N-dealkylation sites (tertiary alicyclic amines) is 1. The Hall–Kier alpha value is -3.71. The summed E-state index contributed by atoms with van der Waals surface area (Å²) in [5.74, 6) is -1.42. The Morgan fingerprint density at radius 2 is 1.88 bits per heavy atom. The topological polar surface area (TPSA) is 175 Å². The zero-order valence-electron chi connectivity index (χ0n) is 23.9. The van der Waals surface area contributed by atoms with E-state index in [0.717, 1.165) is 36.5 Å². The number of hydrogen-bond donors (Lipinski definition) is 4. The number of sulfonamides is 1. The molecule has 0 spiro atoms. The molecule has 4 rings (SSSR count). The van der Waals surface area contributed by atoms with E-state index in [9.17, 15) is 22.8 Å². The van der Waals surface area contributed by atoms with Gasteiger partial charge in [-0.05, 0) is 61.4 Å². The summed E-state index contributed by atoms with van der Waals surface area (Å²) < 4.78 is 34.5. The molecule has 0 bridgehead atoms. The first-order valence-corrected chi connectivity index (χ1v) is 15.9. The van der Waals surface area contributed by atoms with E-state index in [1.807, 2.05) is 18.2 Å². The molecule has 1 aliphatic heterocycles. The minimum Gasteiger partial charge on any atom is -0.466 e. The van der Waals surface area contributed by atoms with Crippen molar-refractivity contribution in [3.63, 3.8) is 0 Å². The first-order chi connectivity index (χ1) is 20.1. The van der Waals surface area contributed by atoms with Crippen LogP contribution in [0.2, 0.25) is 0 Å². The smallest absolute Gasteiger partial charge is 0.307 e. The summed E-state index contributed by atoms with van der Waals surface area (Å²) in [6.07, 6.45) is 2.73. The number of piperidine rings is 1. The Balaban J connectivity index is 1.50. The van der Waals surface area contributed by atoms with Crippen molar-refractivity contribution in [3.8, 4) is 0 Å². The van der Waals surface area contributed by atoms with E-state index in [2.05, 4.69) is 10.0 Å². The van der Waals surface area contributed by atoms with Crippen molar-refractivity contribution in [1.82, 2.24) is 19.8 Å². The van der Waals surface area contributed by atoms with Crippen molar-refractivity contribution < 1.29 is 27.5 Å². The number of rotatable bonds is 13. The molecule has 2 amide bonds. The fourth-order valence-corrected chi connectivity index (χ4v) is 6.46. The fraction of sp³-hybridized carbons (Fsp3) is 0.517. The Labute approximate surface area is 246 Å². The standard InChI is InChI=1S/C29H40N6O6S/c1-2-41-27(37)13-15-35(23-10-11-23)28(38)25(17-26(36)32-18-20-6-5-14-34(19-20)29(30)31)33-42(39,40)24-12-9-21-7-3-4-8-22(21)16-24/h3-4,7-9,12,16,20,23,25,33H,2,5-6,10-11,13-15,17-19H2,1H3,(H3,30,31)(H,32,36)/t20-,25-/m0/s1. The third-order valence-electron chi connectivity index (χ3n) is 7.60. The lowest BCUT2D eigenvalue weighted by Crippen LogP contribution is -2.52. The highest BCUT2D eigenvalue weighted by atomic mass is 32.2. The van der Waals surface area contributed by atoms with Crippen LogP contribution in [0.1, 0.15) is 45.4 Å². The highest BCUT2D eigenvalue weighted by Crippen LogP contribution is 2.28. The predicted octanol–water partition coefficient (Wildman–Crippen LogP) is 1.54. The van der Waals surface area contributed by atoms with Crippen LogP contribution in [-0.2, 0) is 29.1 Å². The monoisotopic (exact) mass is 600 g/mol. The molecule has 2 aromatic carbocycles. The van der Waals surface area contributed by atoms with Crippen molar-refractivity contribution in [3.05, 3.63) is 42.5 Å². The van der Waals surface area contributed by atoms with Gasteiger partial charge in [-0.1, -0.05) is 30.3 Å². The number of carbonyl (C=O) groups excluding carboxylic acids is 3. The Morgan fingerprint density at radius 3 is 2.57 bits per heavy atom. The van der Waals surface area contributed by atoms with Gasteiger partial charge in [-0.25, -0.2) is 8.42 Å². The summed E-state index contributed by atoms with van der Waals surface area (Å²) >= 11 is 0. The van der Waals surface area contributed by atoms with Gasteiger partial charge in [0, 0.05) is 32.2 Å². The van der Waals surface area contributed by atoms with Crippen LogP contribution in [0.3, 0.4) is 0 Å². The quantitative estimate of drug-likeness (QED) is 0.152. The van der Waals surface area contributed by atoms with Crippen LogP contribution in [0.25, 0.3) is 10.8 Å². The number of hydrogen-bond acceptors (Lipinski definition) is 7. The van der Waals surface area contributed by atoms with E-state index < -0.39 is 40.3 Å². The average Bonchev–Trinajstić information content (AvgIpc) is 3.81. The second-order valence-corrected chi connectivity index (χ2v) is 12.6. The molecule has 2 fully saturated rings. The van der Waals surface area contributed by atoms with Crippen molar-refractivity contribution in [1.29, 1.82) is 5.41 Å². The van der Waals surface area contributed by atoms with E-state index in [-0.39, 0.29) is 42.4 Å². The third kappa shape index (κ3) is 8.41. The summed E-state index contributed by atoms with van der Waals surface area (Å²) in [6, 6.07) is 10.5. The number of ether oxygens (including phenoxy) is 1. The molecule has 5 N–H and O–H groups in total. The van der Waals surface area contributed by atoms with E-state index in [1.165, 1.54) is 17.0 Å². The molecule has 42 heavy (non-hydrogen) atoms. The van der Waals surface area contributed by atoms with Crippen molar-refractivity contribution >= 4 is 44.5 Å². The van der Waals surface area contributed by atoms with Gasteiger partial charge in [-0.3, -0.25) is 19.8 Å². The van der Waals surface area contributed by atoms with Crippen molar-refractivity contribution in [2.24, 2.45) is 11.7 Å². The van der Waals surface area contributed by atoms with Crippen LogP contribution in [0.15, 0.2) is 47.4 Å². The zero-order chi connectivity index (χ0) is 30.3. The van der Waals surface area contributed by atoms with Gasteiger partial charge < -0.3 is 25.6 Å². The molecule has 0 radical (unpaired) electrons. The Bertz CT molecular complexity index is 1410. The molecule has 12 nitrogen and oxygen atoms in total. The van der Waals surface area contributed by atoms with Gasteiger partial charge in [0.15, 0.2) is 5.96 Å². The van der Waals surface area contributed by atoms with Gasteiger partial charge in [0.2, 0.25) is 21.8 Å². The number of esters is 1. The molecule has 0 aromatic heterocycles. The molecule has 2 aromatic rings. The number of carbonyl (C=O) groups is 3. The maximum Gasteiger partial charge on any atom is 0.307 e. The summed E-state index contributed by atoms with van der Waals surface area (Å²) in [5, 5.41) is 12.1. The molecule has 2 aliphatic rings. The van der Waals surface area contributed by atoms with E-state index in [1.54, 1.807) is 24.0 Å². The lowest BCUT2D eigenvalue weighted by atomic mass is 9.98. The number of nitrogens with two attached hydrogens (primary N) is 1. The van der Waals surface area contributed by atoms with E-state index in [4.69, 9.17) is 15.9 Å². The first-order valence-electron chi connectivity index (χ1n) is 14.4. The van der Waals surface area contributed by atoms with Crippen LogP contribution in [-0.4, -0.2) is 86.8 Å². The minimum atomic E-state index is -4.19. The summed E-state index contributed by atoms with van der Waals surface area (Å²) in [4.78, 5) is 42.1. The minimum absolute atomic E-state index is 0.0113. The number of amides is 2. The average molecular weight is 601 g/mol. The molecular weight excluding hydrogens is 560 g/mol. The van der Waals surface area contributed by atoms with Gasteiger partial charge in [0.1, 0.15) is 6.04 Å². The van der Waals surface area contributed by atoms with Crippen molar-refractivity contribution in [2.45, 2.75) is 62.4 Å². The number of nitrogens with zero attached hydrogens (tertiary/aromatic N) is 2. The lowest BCUT2D eigenvalue weighted by molar-refractivity contribution is -0.144. The number of fused-ring (bicyclic) bond motifs is 1. The summed E-state index contributed by atoms with van der Waals surface area (Å²) in [7, 11) is -4.19. The van der Waals surface area contributed by atoms with Gasteiger partial charge >= 0.3 is 5.97 Å². The largest absolute Gasteiger partial charge is 0.466 e. The van der Waals surface area contributed by atoms with Gasteiger partial charge in [-0.15, -0.1) is 0 Å². The molecule has 228 valence electrons. The van der Waals surface area contributed by atoms with Gasteiger partial charge in [0.05, 0.1) is 24.3 Å². The van der Waals surface area contributed by atoms with Crippen molar-refractivity contribution in [2.75, 3.05) is 32.8 Å². The normalized spacial score (nSPS) is 17.8. The molecule has 0 unspecified atom stereocenters. The molecule has 1 saturated heterocycles. The fourth-order valence-electron chi connectivity index (χ4n) is 5.24. The predicted molar refractivity (Wildman–Crippen MR) is 158 cm³/mol. The number of nitrogens with one attached hydrogen (secondary N) is 3. The second kappa shape index (κ2) is 14.0. The Kier molecular flexibility index (Phi) is 10.4. The summed E-state index contributed by atoms with van der Waals surface area (Å²) in [5.41, 5.74) is 5.63. The van der Waals surface area contributed by atoms with Crippen LogP contribution in [0, 0.1) is 11.3 Å².